The Balaban J connectivity index is 4.40. The molecule has 3 N–H and O–H groups in total. The van der Waals surface area contributed by atoms with Crippen molar-refractivity contribution in [2.24, 2.45) is 0 Å². The average molecular weight is 164 g/mol. The molecule has 0 aliphatic rings. The van der Waals surface area contributed by atoms with Crippen LogP contribution in [0.2, 0.25) is 0 Å². The molecule has 0 fully saturated rings. The highest BCUT2D eigenvalue weighted by Crippen LogP contribution is 2.23. The molecular formula is C6H16O3Si. The minimum Gasteiger partial charge on any atom is -0.395 e. The zero-order chi connectivity index (χ0) is 8.58. The van der Waals surface area contributed by atoms with Crippen molar-refractivity contribution in [3.8, 4) is 0 Å². The van der Waals surface area contributed by atoms with E-state index in [-0.39, 0.29) is 0 Å². The normalized spacial score (nSPS) is 22.2. The van der Waals surface area contributed by atoms with Crippen LogP contribution in [-0.4, -0.2) is 42.5 Å². The van der Waals surface area contributed by atoms with Crippen molar-refractivity contribution < 1.29 is 15.3 Å². The van der Waals surface area contributed by atoms with E-state index in [2.05, 4.69) is 0 Å². The summed E-state index contributed by atoms with van der Waals surface area (Å²) in [4.78, 5) is 0. The second kappa shape index (κ2) is 2.62. The fraction of sp³-hybridized carbons (Fsp3) is 1.00. The van der Waals surface area contributed by atoms with Gasteiger partial charge in [0.05, 0.1) is 11.3 Å². The van der Waals surface area contributed by atoms with Crippen molar-refractivity contribution in [2.75, 3.05) is 0 Å². The highest BCUT2D eigenvalue weighted by molar-refractivity contribution is 6.11. The number of rotatable bonds is 2. The molecule has 0 spiro atoms. The topological polar surface area (TPSA) is 60.7 Å². The van der Waals surface area contributed by atoms with Crippen molar-refractivity contribution in [3.05, 3.63) is 0 Å². The largest absolute Gasteiger partial charge is 0.395 e. The fourth-order valence-corrected chi connectivity index (χ4v) is 1.22. The lowest BCUT2D eigenvalue weighted by atomic mass is 9.88. The summed E-state index contributed by atoms with van der Waals surface area (Å²) >= 11 is 0. The second-order valence-corrected chi connectivity index (χ2v) is 4.48. The molecule has 0 aliphatic heterocycles. The minimum absolute atomic E-state index is 0.454. The van der Waals surface area contributed by atoms with Gasteiger partial charge >= 0.3 is 0 Å². The van der Waals surface area contributed by atoms with Crippen molar-refractivity contribution in [3.63, 3.8) is 0 Å². The maximum atomic E-state index is 9.46. The Labute approximate surface area is 64.1 Å². The quantitative estimate of drug-likeness (QED) is 0.422. The van der Waals surface area contributed by atoms with E-state index in [1.807, 2.05) is 0 Å². The Hall–Kier alpha value is 0.0969. The zero-order valence-electron chi connectivity index (χ0n) is 6.92. The van der Waals surface area contributed by atoms with Crippen LogP contribution < -0.4 is 0 Å². The Morgan fingerprint density at radius 1 is 1.20 bits per heavy atom. The molecule has 0 saturated heterocycles. The van der Waals surface area contributed by atoms with Gasteiger partial charge in [-0.1, -0.05) is 0 Å². The van der Waals surface area contributed by atoms with Gasteiger partial charge in [0.2, 0.25) is 0 Å². The third kappa shape index (κ3) is 1.79. The SMILES string of the molecule is CC(C)(O)C(C)(O)C(O)[SiH3]. The average Bonchev–Trinajstić information content (AvgIpc) is 1.62. The van der Waals surface area contributed by atoms with Gasteiger partial charge in [0.25, 0.3) is 0 Å². The van der Waals surface area contributed by atoms with E-state index in [4.69, 9.17) is 5.11 Å². The molecule has 0 heterocycles. The first-order valence-corrected chi connectivity index (χ1v) is 4.48. The first-order chi connectivity index (χ1) is 4.19. The van der Waals surface area contributed by atoms with Gasteiger partial charge < -0.3 is 15.3 Å². The number of hydrogen-bond acceptors (Lipinski definition) is 3. The van der Waals surface area contributed by atoms with Crippen molar-refractivity contribution in [1.82, 2.24) is 0 Å². The second-order valence-electron chi connectivity index (χ2n) is 3.38. The zero-order valence-corrected chi connectivity index (χ0v) is 8.92. The van der Waals surface area contributed by atoms with Gasteiger partial charge in [-0.3, -0.25) is 0 Å². The van der Waals surface area contributed by atoms with E-state index in [1.165, 1.54) is 20.8 Å². The summed E-state index contributed by atoms with van der Waals surface area (Å²) in [5.41, 5.74) is -3.43. The third-order valence-electron chi connectivity index (χ3n) is 2.05. The summed E-state index contributed by atoms with van der Waals surface area (Å²) in [5, 5.41) is 27.9. The molecule has 10 heavy (non-hydrogen) atoms. The maximum absolute atomic E-state index is 9.46. The molecule has 0 bridgehead atoms. The van der Waals surface area contributed by atoms with Gasteiger partial charge in [0.15, 0.2) is 0 Å². The van der Waals surface area contributed by atoms with E-state index in [0.717, 1.165) is 0 Å². The molecule has 0 rings (SSSR count). The molecule has 0 aromatic heterocycles. The van der Waals surface area contributed by atoms with Crippen molar-refractivity contribution in [2.45, 2.75) is 37.7 Å². The standard InChI is InChI=1S/C6H16O3Si/c1-5(2,8)6(3,9)4(7)10/h4,7-9H,1-3,10H3. The molecule has 2 atom stereocenters. The Morgan fingerprint density at radius 2 is 1.50 bits per heavy atom. The Morgan fingerprint density at radius 3 is 1.50 bits per heavy atom. The van der Waals surface area contributed by atoms with Crippen LogP contribution in [0.25, 0.3) is 0 Å². The van der Waals surface area contributed by atoms with Gasteiger partial charge in [-0.05, 0) is 20.8 Å². The lowest BCUT2D eigenvalue weighted by molar-refractivity contribution is -0.154. The molecule has 0 aromatic carbocycles. The number of hydrogen-bond donors (Lipinski definition) is 3. The minimum atomic E-state index is -1.39. The van der Waals surface area contributed by atoms with Crippen LogP contribution in [0.5, 0.6) is 0 Å². The molecule has 0 radical (unpaired) electrons. The van der Waals surface area contributed by atoms with Crippen LogP contribution in [0, 0.1) is 0 Å². The van der Waals surface area contributed by atoms with Crippen molar-refractivity contribution >= 4 is 10.2 Å². The monoisotopic (exact) mass is 164 g/mol. The number of aliphatic hydroxyl groups excluding tert-OH is 1. The lowest BCUT2D eigenvalue weighted by Gasteiger charge is -2.37. The highest BCUT2D eigenvalue weighted by Gasteiger charge is 2.41. The molecule has 0 aromatic rings. The van der Waals surface area contributed by atoms with E-state index in [9.17, 15) is 10.2 Å². The molecule has 62 valence electrons. The smallest absolute Gasteiger partial charge is 0.112 e. The van der Waals surface area contributed by atoms with Gasteiger partial charge in [-0.15, -0.1) is 0 Å². The summed E-state index contributed by atoms with van der Waals surface area (Å²) in [6.07, 6.45) is 0. The molecule has 3 nitrogen and oxygen atoms in total. The van der Waals surface area contributed by atoms with E-state index in [1.54, 1.807) is 0 Å². The molecule has 0 amide bonds. The van der Waals surface area contributed by atoms with Crippen LogP contribution >= 0.6 is 0 Å². The highest BCUT2D eigenvalue weighted by atomic mass is 28.1. The molecule has 0 saturated carbocycles. The summed E-state index contributed by atoms with van der Waals surface area (Å²) in [6, 6.07) is 0. The summed E-state index contributed by atoms with van der Waals surface area (Å²) in [6.45, 7) is 4.40. The summed E-state index contributed by atoms with van der Waals surface area (Å²) in [7, 11) is 0.454. The Kier molecular flexibility index (Phi) is 2.64. The fourth-order valence-electron chi connectivity index (χ4n) is 0.511. The van der Waals surface area contributed by atoms with Crippen LogP contribution in [0.1, 0.15) is 20.8 Å². The van der Waals surface area contributed by atoms with E-state index in [0.29, 0.717) is 10.2 Å². The third-order valence-corrected chi connectivity index (χ3v) is 3.18. The summed E-state index contributed by atoms with van der Waals surface area (Å²) < 4.78 is 0. The predicted molar refractivity (Wildman–Crippen MR) is 42.9 cm³/mol. The molecule has 2 unspecified atom stereocenters. The van der Waals surface area contributed by atoms with Gasteiger partial charge in [-0.2, -0.15) is 0 Å². The van der Waals surface area contributed by atoms with E-state index < -0.39 is 16.9 Å². The Bertz CT molecular complexity index is 115. The van der Waals surface area contributed by atoms with Gasteiger partial charge in [-0.25, -0.2) is 0 Å². The molecule has 4 heteroatoms. The maximum Gasteiger partial charge on any atom is 0.112 e. The summed E-state index contributed by atoms with van der Waals surface area (Å²) in [5.74, 6) is 0. The lowest BCUT2D eigenvalue weighted by Crippen LogP contribution is -2.56. The van der Waals surface area contributed by atoms with E-state index >= 15 is 0 Å². The van der Waals surface area contributed by atoms with Gasteiger partial charge in [0, 0.05) is 10.2 Å². The van der Waals surface area contributed by atoms with Crippen LogP contribution in [0.4, 0.5) is 0 Å². The van der Waals surface area contributed by atoms with Crippen molar-refractivity contribution in [1.29, 1.82) is 0 Å². The van der Waals surface area contributed by atoms with Crippen LogP contribution in [-0.2, 0) is 0 Å². The molecule has 0 aliphatic carbocycles. The van der Waals surface area contributed by atoms with Crippen LogP contribution in [0.15, 0.2) is 0 Å². The first kappa shape index (κ1) is 10.1. The predicted octanol–water partition coefficient (Wildman–Crippen LogP) is -1.81. The van der Waals surface area contributed by atoms with Gasteiger partial charge in [0.1, 0.15) is 5.60 Å². The molecular weight excluding hydrogens is 148 g/mol. The first-order valence-electron chi connectivity index (χ1n) is 3.32. The number of aliphatic hydroxyl groups is 3. The van der Waals surface area contributed by atoms with Crippen LogP contribution in [0.3, 0.4) is 0 Å².